The molecule has 0 spiro atoms. The summed E-state index contributed by atoms with van der Waals surface area (Å²) in [5.74, 6) is -4.64. The minimum atomic E-state index is -2.70. The highest BCUT2D eigenvalue weighted by molar-refractivity contribution is 6.75. The SMILES string of the molecule is CC(C)(C)[Si](C)(C)OC(O)[C@H]1OC=C[C@](O)(O[Si](C)(C)C(C)(C)C)[C@@]1(O)O[Si](C)(C)C(C)(C)C. The molecule has 34 heavy (non-hydrogen) atoms. The van der Waals surface area contributed by atoms with Crippen molar-refractivity contribution in [1.82, 2.24) is 0 Å². The van der Waals surface area contributed by atoms with E-state index in [1.165, 1.54) is 12.3 Å². The molecule has 1 heterocycles. The maximum atomic E-state index is 12.2. The molecule has 0 saturated carbocycles. The molecule has 1 unspecified atom stereocenters. The lowest BCUT2D eigenvalue weighted by Gasteiger charge is -2.55. The summed E-state index contributed by atoms with van der Waals surface area (Å²) in [5, 5.41) is 34.7. The maximum absolute atomic E-state index is 12.2. The maximum Gasteiger partial charge on any atom is 0.258 e. The number of aliphatic hydroxyl groups is 3. The van der Waals surface area contributed by atoms with Crippen molar-refractivity contribution in [3.8, 4) is 0 Å². The summed E-state index contributed by atoms with van der Waals surface area (Å²) in [6.07, 6.45) is -0.416. The third kappa shape index (κ3) is 6.26. The van der Waals surface area contributed by atoms with Crippen LogP contribution in [-0.2, 0) is 18.0 Å². The minimum absolute atomic E-state index is 0.190. The topological polar surface area (TPSA) is 97.6 Å². The zero-order chi connectivity index (χ0) is 27.4. The molecule has 0 amide bonds. The molecule has 3 N–H and O–H groups in total. The Balaban J connectivity index is 3.65. The third-order valence-electron chi connectivity index (χ3n) is 8.33. The molecule has 202 valence electrons. The molecule has 0 radical (unpaired) electrons. The molecular weight excluding hydrogens is 485 g/mol. The average Bonchev–Trinajstić information content (AvgIpc) is 2.52. The Morgan fingerprint density at radius 3 is 1.50 bits per heavy atom. The van der Waals surface area contributed by atoms with Gasteiger partial charge in [-0.15, -0.1) is 0 Å². The van der Waals surface area contributed by atoms with Gasteiger partial charge in [-0.2, -0.15) is 0 Å². The van der Waals surface area contributed by atoms with Crippen molar-refractivity contribution in [2.24, 2.45) is 0 Å². The number of ether oxygens (including phenoxy) is 1. The van der Waals surface area contributed by atoms with E-state index >= 15 is 0 Å². The van der Waals surface area contributed by atoms with E-state index in [1.807, 2.05) is 80.8 Å². The van der Waals surface area contributed by atoms with E-state index in [1.54, 1.807) is 0 Å². The van der Waals surface area contributed by atoms with Gasteiger partial charge in [0.15, 0.2) is 31.2 Å². The Kier molecular flexibility index (Phi) is 8.80. The Labute approximate surface area is 211 Å². The van der Waals surface area contributed by atoms with Crippen LogP contribution in [0.15, 0.2) is 12.3 Å². The molecule has 7 nitrogen and oxygen atoms in total. The Hall–Kier alpha value is -0.0494. The van der Waals surface area contributed by atoms with E-state index in [9.17, 15) is 15.3 Å². The predicted octanol–water partition coefficient (Wildman–Crippen LogP) is 5.66. The molecule has 0 aromatic rings. The van der Waals surface area contributed by atoms with Gasteiger partial charge in [0, 0.05) is 6.08 Å². The highest BCUT2D eigenvalue weighted by Gasteiger charge is 2.66. The first-order chi connectivity index (χ1) is 14.6. The molecule has 1 aliphatic rings. The Morgan fingerprint density at radius 1 is 0.735 bits per heavy atom. The summed E-state index contributed by atoms with van der Waals surface area (Å²) in [6, 6.07) is 0. The second-order valence-corrected chi connectivity index (χ2v) is 28.5. The zero-order valence-electron chi connectivity index (χ0n) is 24.3. The van der Waals surface area contributed by atoms with Gasteiger partial charge >= 0.3 is 0 Å². The Morgan fingerprint density at radius 2 is 1.12 bits per heavy atom. The van der Waals surface area contributed by atoms with Gasteiger partial charge in [0.25, 0.3) is 5.79 Å². The molecule has 0 saturated heterocycles. The van der Waals surface area contributed by atoms with Crippen LogP contribution in [0, 0.1) is 0 Å². The van der Waals surface area contributed by atoms with Crippen LogP contribution in [0.1, 0.15) is 62.3 Å². The fourth-order valence-electron chi connectivity index (χ4n) is 2.76. The summed E-state index contributed by atoms with van der Waals surface area (Å²) in [4.78, 5) is 0. The van der Waals surface area contributed by atoms with Crippen molar-refractivity contribution in [2.75, 3.05) is 0 Å². The second kappa shape index (κ2) is 9.36. The number of rotatable bonds is 7. The monoisotopic (exact) mass is 536 g/mol. The van der Waals surface area contributed by atoms with Crippen LogP contribution >= 0.6 is 0 Å². The molecule has 0 aromatic carbocycles. The molecule has 0 bridgehead atoms. The van der Waals surface area contributed by atoms with Gasteiger partial charge in [0.05, 0.1) is 6.26 Å². The van der Waals surface area contributed by atoms with Crippen LogP contribution in [0.2, 0.25) is 54.4 Å². The first-order valence-corrected chi connectivity index (χ1v) is 20.9. The molecule has 1 aliphatic heterocycles. The summed E-state index contributed by atoms with van der Waals surface area (Å²) < 4.78 is 24.8. The van der Waals surface area contributed by atoms with Gasteiger partial charge in [-0.05, 0) is 54.4 Å². The van der Waals surface area contributed by atoms with E-state index < -0.39 is 48.9 Å². The van der Waals surface area contributed by atoms with Gasteiger partial charge in [0.2, 0.25) is 11.9 Å². The quantitative estimate of drug-likeness (QED) is 0.285. The van der Waals surface area contributed by atoms with Crippen molar-refractivity contribution in [3.05, 3.63) is 12.3 Å². The molecule has 0 aliphatic carbocycles. The molecule has 1 rings (SSSR count). The zero-order valence-corrected chi connectivity index (χ0v) is 27.3. The van der Waals surface area contributed by atoms with Crippen LogP contribution in [0.3, 0.4) is 0 Å². The van der Waals surface area contributed by atoms with Crippen molar-refractivity contribution in [2.45, 2.75) is 141 Å². The predicted molar refractivity (Wildman–Crippen MR) is 145 cm³/mol. The van der Waals surface area contributed by atoms with E-state index in [-0.39, 0.29) is 15.1 Å². The lowest BCUT2D eigenvalue weighted by Crippen LogP contribution is -2.73. The fourth-order valence-corrected chi connectivity index (χ4v) is 6.48. The van der Waals surface area contributed by atoms with Gasteiger partial charge in [-0.1, -0.05) is 62.3 Å². The highest BCUT2D eigenvalue weighted by atomic mass is 28.4. The van der Waals surface area contributed by atoms with E-state index in [0.29, 0.717) is 0 Å². The summed E-state index contributed by atoms with van der Waals surface area (Å²) in [5.41, 5.74) is 0. The number of hydrogen-bond donors (Lipinski definition) is 3. The third-order valence-corrected chi connectivity index (χ3v) is 21.6. The van der Waals surface area contributed by atoms with E-state index in [0.717, 1.165) is 0 Å². The first-order valence-electron chi connectivity index (χ1n) is 12.2. The summed E-state index contributed by atoms with van der Waals surface area (Å²) in [7, 11) is -7.77. The average molecular weight is 537 g/mol. The standard InChI is InChI=1S/C24H52O7Si3/c1-20(2,3)32(10,11)29-19(25)18-24(27,31-34(14,15)22(7,8)9)23(26,16-17-28-18)30-33(12,13)21(4,5)6/h16-19,25-27H,1-15H3/t18-,19?,23+,24+/m1/s1. The molecular formula is C24H52O7Si3. The van der Waals surface area contributed by atoms with Crippen molar-refractivity contribution < 1.29 is 33.3 Å². The summed E-state index contributed by atoms with van der Waals surface area (Å²) in [6.45, 7) is 30.3. The molecule has 10 heteroatoms. The molecule has 0 aromatic heterocycles. The molecule has 0 fully saturated rings. The largest absolute Gasteiger partial charge is 0.487 e. The molecule has 4 atom stereocenters. The van der Waals surface area contributed by atoms with Gasteiger partial charge in [-0.25, -0.2) is 0 Å². The fraction of sp³-hybridized carbons (Fsp3) is 0.917. The normalized spacial score (nSPS) is 28.6. The van der Waals surface area contributed by atoms with Gasteiger partial charge in [0.1, 0.15) is 0 Å². The van der Waals surface area contributed by atoms with Crippen molar-refractivity contribution in [1.29, 1.82) is 0 Å². The van der Waals surface area contributed by atoms with Crippen LogP contribution in [0.5, 0.6) is 0 Å². The van der Waals surface area contributed by atoms with Crippen LogP contribution < -0.4 is 0 Å². The second-order valence-electron chi connectivity index (χ2n) is 14.2. The van der Waals surface area contributed by atoms with Crippen LogP contribution in [0.4, 0.5) is 0 Å². The minimum Gasteiger partial charge on any atom is -0.487 e. The number of aliphatic hydroxyl groups excluding tert-OH is 1. The number of hydrogen-bond acceptors (Lipinski definition) is 7. The Bertz CT molecular complexity index is 747. The van der Waals surface area contributed by atoms with Gasteiger partial charge in [-0.3, -0.25) is 0 Å². The lowest BCUT2D eigenvalue weighted by molar-refractivity contribution is -0.378. The lowest BCUT2D eigenvalue weighted by atomic mass is 9.97. The van der Waals surface area contributed by atoms with E-state index in [4.69, 9.17) is 18.0 Å². The van der Waals surface area contributed by atoms with E-state index in [2.05, 4.69) is 20.8 Å². The van der Waals surface area contributed by atoms with Gasteiger partial charge < -0.3 is 33.3 Å². The van der Waals surface area contributed by atoms with Crippen LogP contribution in [0.25, 0.3) is 0 Å². The van der Waals surface area contributed by atoms with Crippen molar-refractivity contribution >= 4 is 25.0 Å². The summed E-state index contributed by atoms with van der Waals surface area (Å²) >= 11 is 0. The van der Waals surface area contributed by atoms with Crippen LogP contribution in [-0.4, -0.2) is 64.2 Å². The highest BCUT2D eigenvalue weighted by Crippen LogP contribution is 2.49. The smallest absolute Gasteiger partial charge is 0.258 e. The first kappa shape index (κ1) is 32.0. The van der Waals surface area contributed by atoms with Crippen molar-refractivity contribution in [3.63, 3.8) is 0 Å².